The number of aliphatic hydroxyl groups excluding tert-OH is 1. The summed E-state index contributed by atoms with van der Waals surface area (Å²) in [5.74, 6) is -0.309. The molecule has 1 aliphatic heterocycles. The van der Waals surface area contributed by atoms with E-state index in [2.05, 4.69) is 104 Å². The van der Waals surface area contributed by atoms with Crippen molar-refractivity contribution >= 4 is 5.97 Å². The van der Waals surface area contributed by atoms with E-state index in [1.807, 2.05) is 43.4 Å². The van der Waals surface area contributed by atoms with Crippen LogP contribution in [0, 0.1) is 10.8 Å². The lowest BCUT2D eigenvalue weighted by Gasteiger charge is -2.45. The second kappa shape index (κ2) is 16.0. The predicted molar refractivity (Wildman–Crippen MR) is 199 cm³/mol. The lowest BCUT2D eigenvalue weighted by molar-refractivity contribution is -0.152. The van der Waals surface area contributed by atoms with E-state index >= 15 is 0 Å². The number of carbonyl (C=O) groups excluding carboxylic acids is 1. The van der Waals surface area contributed by atoms with Crippen molar-refractivity contribution < 1.29 is 24.5 Å². The van der Waals surface area contributed by atoms with Crippen LogP contribution in [0.5, 0.6) is 0 Å². The van der Waals surface area contributed by atoms with Crippen molar-refractivity contribution in [3.05, 3.63) is 119 Å². The molecule has 262 valence electrons. The van der Waals surface area contributed by atoms with Crippen LogP contribution in [-0.2, 0) is 14.3 Å². The highest BCUT2D eigenvalue weighted by Gasteiger charge is 2.50. The topological polar surface area (TPSA) is 76.0 Å². The highest BCUT2D eigenvalue weighted by Crippen LogP contribution is 2.52. The van der Waals surface area contributed by atoms with Gasteiger partial charge in [-0.15, -0.1) is 0 Å². The molecular weight excluding hydrogens is 596 g/mol. The van der Waals surface area contributed by atoms with Crippen molar-refractivity contribution in [3.63, 3.8) is 0 Å². The van der Waals surface area contributed by atoms with Gasteiger partial charge < -0.3 is 19.7 Å². The molecule has 0 bridgehead atoms. The number of allylic oxidation sites excluding steroid dienone is 16. The third-order valence-electron chi connectivity index (χ3n) is 9.72. The Morgan fingerprint density at radius 3 is 1.85 bits per heavy atom. The Balaban J connectivity index is 1.52. The maximum atomic E-state index is 11.5. The molecule has 2 aliphatic carbocycles. The monoisotopic (exact) mass is 656 g/mol. The van der Waals surface area contributed by atoms with E-state index in [-0.39, 0.29) is 35.1 Å². The van der Waals surface area contributed by atoms with E-state index in [1.165, 1.54) is 12.5 Å². The third kappa shape index (κ3) is 10.9. The average Bonchev–Trinajstić information content (AvgIpc) is 3.29. The largest absolute Gasteiger partial charge is 0.462 e. The fraction of sp³-hybridized carbons (Fsp3) is 0.512. The summed E-state index contributed by atoms with van der Waals surface area (Å²) in [7, 11) is 0. The van der Waals surface area contributed by atoms with Crippen LogP contribution in [0.2, 0.25) is 0 Å². The van der Waals surface area contributed by atoms with Gasteiger partial charge in [0.1, 0.15) is 6.10 Å². The van der Waals surface area contributed by atoms with Gasteiger partial charge in [0.05, 0.1) is 23.4 Å². The zero-order valence-corrected chi connectivity index (χ0v) is 31.3. The zero-order chi connectivity index (χ0) is 35.9. The van der Waals surface area contributed by atoms with Gasteiger partial charge in [0.25, 0.3) is 0 Å². The first kappa shape index (κ1) is 39.2. The normalized spacial score (nSPS) is 32.6. The fourth-order valence-corrected chi connectivity index (χ4v) is 7.68. The second-order valence-corrected chi connectivity index (χ2v) is 15.8. The van der Waals surface area contributed by atoms with Crippen LogP contribution in [0.15, 0.2) is 119 Å². The Hall–Kier alpha value is -3.25. The van der Waals surface area contributed by atoms with E-state index in [9.17, 15) is 15.0 Å². The predicted octanol–water partition coefficient (Wildman–Crippen LogP) is 9.69. The van der Waals surface area contributed by atoms with Crippen molar-refractivity contribution in [2.75, 3.05) is 0 Å². The van der Waals surface area contributed by atoms with Gasteiger partial charge >= 0.3 is 5.97 Å². The standard InChI is InChI=1S/C43H60O5/c1-30(19-14-20-32(3)22-16-24-38-41(8,9)28-36(47-34(5)44)29-42(38,10)46)17-12-13-18-31(2)21-15-23-33(4)37-25-39-40(6,7)26-35(45)27-43(39,11)48-37/h12-25,35-37,45-46H,26-29H2,1-11H3/b13-12+,19-14+,21-15+,22-16-,30-17+,31-18+,32-20+,33-23+,38-24+/t35-,36-,37+,42+,43+/m0/s1. The van der Waals surface area contributed by atoms with Crippen molar-refractivity contribution in [2.45, 2.75) is 131 Å². The zero-order valence-electron chi connectivity index (χ0n) is 31.3. The Labute approximate surface area is 290 Å². The minimum absolute atomic E-state index is 0.0604. The molecule has 0 amide bonds. The molecule has 2 saturated carbocycles. The number of hydrogen-bond donors (Lipinski definition) is 2. The summed E-state index contributed by atoms with van der Waals surface area (Å²) in [5.41, 5.74) is 5.02. The van der Waals surface area contributed by atoms with Crippen molar-refractivity contribution in [1.82, 2.24) is 0 Å². The van der Waals surface area contributed by atoms with E-state index in [1.54, 1.807) is 6.92 Å². The molecule has 3 rings (SSSR count). The molecule has 48 heavy (non-hydrogen) atoms. The summed E-state index contributed by atoms with van der Waals surface area (Å²) in [6, 6.07) is 0. The molecule has 5 atom stereocenters. The molecule has 2 N–H and O–H groups in total. The number of aliphatic hydroxyl groups is 2. The first-order valence-electron chi connectivity index (χ1n) is 17.3. The third-order valence-corrected chi connectivity index (χ3v) is 9.72. The molecule has 0 saturated heterocycles. The van der Waals surface area contributed by atoms with Crippen LogP contribution in [-0.4, -0.2) is 45.7 Å². The number of ether oxygens (including phenoxy) is 2. The van der Waals surface area contributed by atoms with Crippen molar-refractivity contribution in [1.29, 1.82) is 0 Å². The fourth-order valence-electron chi connectivity index (χ4n) is 7.68. The van der Waals surface area contributed by atoms with E-state index in [0.717, 1.165) is 34.3 Å². The summed E-state index contributed by atoms with van der Waals surface area (Å²) >= 11 is 0. The van der Waals surface area contributed by atoms with Gasteiger partial charge in [0.2, 0.25) is 0 Å². The molecule has 5 heteroatoms. The number of esters is 1. The maximum absolute atomic E-state index is 11.5. The van der Waals surface area contributed by atoms with Crippen LogP contribution in [0.3, 0.4) is 0 Å². The second-order valence-electron chi connectivity index (χ2n) is 15.8. The van der Waals surface area contributed by atoms with Gasteiger partial charge in [0.15, 0.2) is 0 Å². The first-order valence-corrected chi connectivity index (χ1v) is 17.3. The molecule has 0 radical (unpaired) electrons. The molecule has 0 aromatic heterocycles. The van der Waals surface area contributed by atoms with E-state index < -0.39 is 11.2 Å². The summed E-state index contributed by atoms with van der Waals surface area (Å²) in [6.07, 6.45) is 30.9. The van der Waals surface area contributed by atoms with Gasteiger partial charge in [-0.2, -0.15) is 0 Å². The smallest absolute Gasteiger partial charge is 0.302 e. The van der Waals surface area contributed by atoms with Crippen molar-refractivity contribution in [3.8, 4) is 0 Å². The molecule has 5 nitrogen and oxygen atoms in total. The van der Waals surface area contributed by atoms with Gasteiger partial charge in [0, 0.05) is 19.8 Å². The summed E-state index contributed by atoms with van der Waals surface area (Å²) in [5, 5.41) is 21.5. The van der Waals surface area contributed by atoms with E-state index in [4.69, 9.17) is 9.47 Å². The van der Waals surface area contributed by atoms with E-state index in [0.29, 0.717) is 19.3 Å². The van der Waals surface area contributed by atoms with Gasteiger partial charge in [-0.25, -0.2) is 0 Å². The van der Waals surface area contributed by atoms with Gasteiger partial charge in [-0.1, -0.05) is 123 Å². The van der Waals surface area contributed by atoms with Crippen LogP contribution in [0.4, 0.5) is 0 Å². The lowest BCUT2D eigenvalue weighted by atomic mass is 9.65. The SMILES string of the molecule is CC(=O)O[C@H]1CC(C)(C)\C(=C/C=C\C(C)=C\C=C\C(C)=C\C=C\C=C(C)\C=C\C=C(/C)[C@H]2C=C3C(C)(C)C[C@H](O)C[C@@]3(C)O2)[C@](C)(O)C1. The highest BCUT2D eigenvalue weighted by molar-refractivity contribution is 5.66. The van der Waals surface area contributed by atoms with Crippen LogP contribution in [0.25, 0.3) is 0 Å². The van der Waals surface area contributed by atoms with Crippen molar-refractivity contribution in [2.24, 2.45) is 10.8 Å². The molecule has 1 heterocycles. The Kier molecular flexibility index (Phi) is 13.0. The Morgan fingerprint density at radius 1 is 0.750 bits per heavy atom. The Bertz CT molecular complexity index is 1480. The quantitative estimate of drug-likeness (QED) is 0.139. The van der Waals surface area contributed by atoms with Gasteiger partial charge in [-0.05, 0) is 88.0 Å². The minimum atomic E-state index is -1.04. The molecule has 2 fully saturated rings. The minimum Gasteiger partial charge on any atom is -0.462 e. The molecule has 0 unspecified atom stereocenters. The van der Waals surface area contributed by atoms with Gasteiger partial charge in [-0.3, -0.25) is 4.79 Å². The van der Waals surface area contributed by atoms with Crippen LogP contribution < -0.4 is 0 Å². The summed E-state index contributed by atoms with van der Waals surface area (Å²) < 4.78 is 11.9. The molecule has 0 aromatic carbocycles. The number of carbonyl (C=O) groups is 1. The van der Waals surface area contributed by atoms with Crippen LogP contribution in [0.1, 0.15) is 102 Å². The number of rotatable bonds is 10. The number of hydrogen-bond acceptors (Lipinski definition) is 5. The summed E-state index contributed by atoms with van der Waals surface area (Å²) in [6.45, 7) is 22.2. The molecule has 3 aliphatic rings. The summed E-state index contributed by atoms with van der Waals surface area (Å²) in [4.78, 5) is 11.5. The first-order chi connectivity index (χ1) is 22.2. The molecule has 0 spiro atoms. The van der Waals surface area contributed by atoms with Crippen LogP contribution >= 0.6 is 0 Å². The number of fused-ring (bicyclic) bond motifs is 1. The maximum Gasteiger partial charge on any atom is 0.302 e. The molecule has 0 aromatic rings. The highest BCUT2D eigenvalue weighted by atomic mass is 16.5. The Morgan fingerprint density at radius 2 is 1.29 bits per heavy atom. The molecular formula is C43H60O5. The lowest BCUT2D eigenvalue weighted by Crippen LogP contribution is -2.46. The average molecular weight is 657 g/mol.